The molecule has 0 saturated heterocycles. The minimum atomic E-state index is 0.201. The second kappa shape index (κ2) is 12.9. The Hall–Kier alpha value is -2.94. The van der Waals surface area contributed by atoms with Crippen molar-refractivity contribution in [3.63, 3.8) is 0 Å². The zero-order chi connectivity index (χ0) is 26.2. The Morgan fingerprint density at radius 2 is 0.806 bits per heavy atom. The van der Waals surface area contributed by atoms with E-state index >= 15 is 0 Å². The average molecular weight is 486 g/mol. The van der Waals surface area contributed by atoms with Crippen LogP contribution in [0.25, 0.3) is 0 Å². The highest BCUT2D eigenvalue weighted by Gasteiger charge is 2.22. The summed E-state index contributed by atoms with van der Waals surface area (Å²) >= 11 is 0. The van der Waals surface area contributed by atoms with Crippen LogP contribution in [0.2, 0.25) is 0 Å². The molecule has 0 N–H and O–H groups in total. The van der Waals surface area contributed by atoms with Gasteiger partial charge in [-0.05, 0) is 120 Å². The van der Waals surface area contributed by atoms with E-state index in [1.165, 1.54) is 44.9 Å². The van der Waals surface area contributed by atoms with Gasteiger partial charge in [-0.3, -0.25) is 0 Å². The van der Waals surface area contributed by atoms with Crippen LogP contribution in [0.5, 0.6) is 0 Å². The average Bonchev–Trinajstić information content (AvgIpc) is 2.89. The van der Waals surface area contributed by atoms with Gasteiger partial charge in [0.05, 0.1) is 0 Å². The van der Waals surface area contributed by atoms with E-state index in [-0.39, 0.29) is 5.92 Å². The third-order valence-electron chi connectivity index (χ3n) is 7.74. The van der Waals surface area contributed by atoms with E-state index in [4.69, 9.17) is 0 Å². The Morgan fingerprint density at radius 3 is 1.14 bits per heavy atom. The number of aryl methyl sites for hydroxylation is 2. The van der Waals surface area contributed by atoms with Gasteiger partial charge in [-0.15, -0.1) is 0 Å². The van der Waals surface area contributed by atoms with Crippen LogP contribution in [-0.2, 0) is 0 Å². The summed E-state index contributed by atoms with van der Waals surface area (Å²) < 4.78 is 0. The van der Waals surface area contributed by atoms with Crippen LogP contribution in [0.4, 0.5) is 17.1 Å². The molecule has 0 fully saturated rings. The lowest BCUT2D eigenvalue weighted by molar-refractivity contribution is 0.857. The predicted octanol–water partition coefficient (Wildman–Crippen LogP) is 8.02. The number of hydrogen-bond acceptors (Lipinski definition) is 3. The lowest BCUT2D eigenvalue weighted by atomic mass is 9.81. The van der Waals surface area contributed by atoms with E-state index in [2.05, 4.69) is 131 Å². The maximum atomic E-state index is 2.43. The molecule has 0 aromatic heterocycles. The zero-order valence-electron chi connectivity index (χ0n) is 23.9. The molecule has 0 spiro atoms. The molecule has 194 valence electrons. The lowest BCUT2D eigenvalue weighted by Gasteiger charge is -2.28. The van der Waals surface area contributed by atoms with Crippen LogP contribution >= 0.6 is 0 Å². The third-order valence-corrected chi connectivity index (χ3v) is 7.74. The molecule has 0 aliphatic rings. The Bertz CT molecular complexity index is 1030. The standard InChI is InChI=1S/C33H47N3/c1-9-34(10-2)28-17-15-27(16-18-28)33(31-21-19-29(23-25(31)7)35(11-3)12-4)32-22-20-30(24-26(32)8)36(13-5)14-6/h15-24,33H,9-14H2,1-8H3. The van der Waals surface area contributed by atoms with Crippen molar-refractivity contribution in [3.05, 3.63) is 88.5 Å². The van der Waals surface area contributed by atoms with Gasteiger partial charge in [-0.1, -0.05) is 24.3 Å². The molecule has 3 aromatic carbocycles. The van der Waals surface area contributed by atoms with Crippen molar-refractivity contribution < 1.29 is 0 Å². The summed E-state index contributed by atoms with van der Waals surface area (Å²) in [6.45, 7) is 24.1. The molecule has 3 heteroatoms. The summed E-state index contributed by atoms with van der Waals surface area (Å²) in [5.41, 5.74) is 10.7. The number of benzene rings is 3. The van der Waals surface area contributed by atoms with Crippen molar-refractivity contribution in [1.29, 1.82) is 0 Å². The van der Waals surface area contributed by atoms with Crippen molar-refractivity contribution in [2.24, 2.45) is 0 Å². The lowest BCUT2D eigenvalue weighted by Crippen LogP contribution is -2.22. The van der Waals surface area contributed by atoms with Gasteiger partial charge in [-0.25, -0.2) is 0 Å². The molecule has 0 amide bonds. The summed E-state index contributed by atoms with van der Waals surface area (Å²) in [6.07, 6.45) is 0. The monoisotopic (exact) mass is 485 g/mol. The highest BCUT2D eigenvalue weighted by molar-refractivity contribution is 5.59. The first-order valence-corrected chi connectivity index (χ1v) is 14.0. The van der Waals surface area contributed by atoms with Crippen molar-refractivity contribution in [1.82, 2.24) is 0 Å². The largest absolute Gasteiger partial charge is 0.372 e. The molecule has 0 aliphatic carbocycles. The van der Waals surface area contributed by atoms with Crippen molar-refractivity contribution in [2.45, 2.75) is 61.3 Å². The van der Waals surface area contributed by atoms with Gasteiger partial charge in [0, 0.05) is 62.2 Å². The fraction of sp³-hybridized carbons (Fsp3) is 0.455. The maximum Gasteiger partial charge on any atom is 0.0368 e. The topological polar surface area (TPSA) is 9.72 Å². The first kappa shape index (κ1) is 27.6. The minimum Gasteiger partial charge on any atom is -0.372 e. The summed E-state index contributed by atoms with van der Waals surface area (Å²) in [5.74, 6) is 0.201. The number of anilines is 3. The van der Waals surface area contributed by atoms with Crippen molar-refractivity contribution in [3.8, 4) is 0 Å². The Balaban J connectivity index is 2.14. The van der Waals surface area contributed by atoms with Gasteiger partial charge in [-0.2, -0.15) is 0 Å². The van der Waals surface area contributed by atoms with Gasteiger partial charge in [0.15, 0.2) is 0 Å². The molecule has 0 radical (unpaired) electrons. The van der Waals surface area contributed by atoms with Crippen LogP contribution in [-0.4, -0.2) is 39.3 Å². The van der Waals surface area contributed by atoms with Crippen LogP contribution in [0.15, 0.2) is 60.7 Å². The Kier molecular flexibility index (Phi) is 9.87. The second-order valence-electron chi connectivity index (χ2n) is 9.62. The van der Waals surface area contributed by atoms with Crippen molar-refractivity contribution in [2.75, 3.05) is 54.0 Å². The van der Waals surface area contributed by atoms with E-state index in [0.29, 0.717) is 0 Å². The van der Waals surface area contributed by atoms with E-state index < -0.39 is 0 Å². The molecule has 0 bridgehead atoms. The zero-order valence-corrected chi connectivity index (χ0v) is 23.9. The minimum absolute atomic E-state index is 0.201. The smallest absolute Gasteiger partial charge is 0.0368 e. The van der Waals surface area contributed by atoms with Crippen LogP contribution < -0.4 is 14.7 Å². The molecule has 0 aliphatic heterocycles. The molecule has 36 heavy (non-hydrogen) atoms. The first-order chi connectivity index (χ1) is 17.4. The van der Waals surface area contributed by atoms with Crippen LogP contribution in [0.3, 0.4) is 0 Å². The summed E-state index contributed by atoms with van der Waals surface area (Å²) in [7, 11) is 0. The van der Waals surface area contributed by atoms with E-state index in [1.54, 1.807) is 0 Å². The first-order valence-electron chi connectivity index (χ1n) is 14.0. The third kappa shape index (κ3) is 5.88. The van der Waals surface area contributed by atoms with Crippen LogP contribution in [0, 0.1) is 13.8 Å². The van der Waals surface area contributed by atoms with Crippen molar-refractivity contribution >= 4 is 17.1 Å². The van der Waals surface area contributed by atoms with Gasteiger partial charge >= 0.3 is 0 Å². The number of rotatable bonds is 12. The molecule has 3 nitrogen and oxygen atoms in total. The normalized spacial score (nSPS) is 11.1. The molecule has 0 unspecified atom stereocenters. The maximum absolute atomic E-state index is 2.43. The highest BCUT2D eigenvalue weighted by atomic mass is 15.1. The highest BCUT2D eigenvalue weighted by Crippen LogP contribution is 2.38. The predicted molar refractivity (Wildman–Crippen MR) is 160 cm³/mol. The molecule has 0 atom stereocenters. The van der Waals surface area contributed by atoms with Gasteiger partial charge in [0.1, 0.15) is 0 Å². The molecular weight excluding hydrogens is 438 g/mol. The van der Waals surface area contributed by atoms with Gasteiger partial charge < -0.3 is 14.7 Å². The quantitative estimate of drug-likeness (QED) is 0.240. The second-order valence-corrected chi connectivity index (χ2v) is 9.62. The fourth-order valence-electron chi connectivity index (χ4n) is 5.53. The number of hydrogen-bond donors (Lipinski definition) is 0. The SMILES string of the molecule is CCN(CC)c1ccc(C(c2ccc(N(CC)CC)cc2C)c2ccc(N(CC)CC)cc2C)cc1. The Morgan fingerprint density at radius 1 is 0.472 bits per heavy atom. The molecule has 3 aromatic rings. The summed E-state index contributed by atoms with van der Waals surface area (Å²) in [4.78, 5) is 7.26. The fourth-order valence-corrected chi connectivity index (χ4v) is 5.53. The van der Waals surface area contributed by atoms with E-state index in [0.717, 1.165) is 39.3 Å². The van der Waals surface area contributed by atoms with E-state index in [9.17, 15) is 0 Å². The summed E-state index contributed by atoms with van der Waals surface area (Å²) in [6, 6.07) is 23.4. The Labute approximate surface area is 220 Å². The molecule has 0 saturated carbocycles. The summed E-state index contributed by atoms with van der Waals surface area (Å²) in [5, 5.41) is 0. The van der Waals surface area contributed by atoms with Crippen LogP contribution in [0.1, 0.15) is 75.3 Å². The van der Waals surface area contributed by atoms with Gasteiger partial charge in [0.25, 0.3) is 0 Å². The number of nitrogens with zero attached hydrogens (tertiary/aromatic N) is 3. The van der Waals surface area contributed by atoms with Gasteiger partial charge in [0.2, 0.25) is 0 Å². The molecular formula is C33H47N3. The molecule has 3 rings (SSSR count). The van der Waals surface area contributed by atoms with E-state index in [1.807, 2.05) is 0 Å². The molecule has 0 heterocycles.